The highest BCUT2D eigenvalue weighted by Crippen LogP contribution is 2.20. The minimum absolute atomic E-state index is 0.0973. The molecule has 0 fully saturated rings. The van der Waals surface area contributed by atoms with Gasteiger partial charge in [0.25, 0.3) is 0 Å². The lowest BCUT2D eigenvalue weighted by atomic mass is 10.1. The van der Waals surface area contributed by atoms with E-state index in [1.807, 2.05) is 6.07 Å². The normalized spacial score (nSPS) is 10.1. The molecular weight excluding hydrogens is 264 g/mol. The second kappa shape index (κ2) is 5.50. The Hall–Kier alpha value is -2.39. The fourth-order valence-electron chi connectivity index (χ4n) is 1.69. The summed E-state index contributed by atoms with van der Waals surface area (Å²) in [6.07, 6.45) is -0.0973. The molecule has 1 N–H and O–H groups in total. The molecule has 0 unspecified atom stereocenters. The molecule has 0 atom stereocenters. The Morgan fingerprint density at radius 3 is 2.63 bits per heavy atom. The molecule has 96 valence electrons. The van der Waals surface area contributed by atoms with Crippen molar-refractivity contribution < 1.29 is 9.90 Å². The van der Waals surface area contributed by atoms with Gasteiger partial charge in [0.1, 0.15) is 0 Å². The van der Waals surface area contributed by atoms with Crippen molar-refractivity contribution in [1.82, 2.24) is 4.57 Å². The number of aromatic nitrogens is 1. The van der Waals surface area contributed by atoms with Gasteiger partial charge in [0.05, 0.1) is 23.7 Å². The Morgan fingerprint density at radius 1 is 1.37 bits per heavy atom. The molecule has 0 saturated heterocycles. The highest BCUT2D eigenvalue weighted by molar-refractivity contribution is 7.07. The van der Waals surface area contributed by atoms with Crippen molar-refractivity contribution in [3.05, 3.63) is 44.9 Å². The van der Waals surface area contributed by atoms with Crippen molar-refractivity contribution in [2.75, 3.05) is 0 Å². The summed E-state index contributed by atoms with van der Waals surface area (Å²) in [6, 6.07) is 8.85. The maximum atomic E-state index is 11.7. The van der Waals surface area contributed by atoms with Crippen LogP contribution in [0.4, 0.5) is 0 Å². The summed E-state index contributed by atoms with van der Waals surface area (Å²) in [6.45, 7) is 0.146. The first-order chi connectivity index (χ1) is 9.11. The van der Waals surface area contributed by atoms with Gasteiger partial charge in [0.2, 0.25) is 0 Å². The van der Waals surface area contributed by atoms with Gasteiger partial charge < -0.3 is 5.11 Å². The predicted molar refractivity (Wildman–Crippen MR) is 71.0 cm³/mol. The van der Waals surface area contributed by atoms with Crippen LogP contribution in [0.5, 0.6) is 0 Å². The fraction of sp³-hybridized carbons (Fsp3) is 0.154. The minimum Gasteiger partial charge on any atom is -0.481 e. The van der Waals surface area contributed by atoms with E-state index in [1.165, 1.54) is 4.57 Å². The Balaban J connectivity index is 2.36. The summed E-state index contributed by atoms with van der Waals surface area (Å²) in [4.78, 5) is 22.1. The summed E-state index contributed by atoms with van der Waals surface area (Å²) in [5.41, 5.74) is 2.02. The second-order valence-electron chi connectivity index (χ2n) is 3.87. The number of thiazole rings is 1. The van der Waals surface area contributed by atoms with Crippen LogP contribution >= 0.6 is 11.3 Å². The zero-order valence-electron chi connectivity index (χ0n) is 9.87. The van der Waals surface area contributed by atoms with Crippen LogP contribution in [0, 0.1) is 11.3 Å². The van der Waals surface area contributed by atoms with E-state index in [-0.39, 0.29) is 17.8 Å². The molecule has 2 rings (SSSR count). The van der Waals surface area contributed by atoms with Crippen LogP contribution in [-0.4, -0.2) is 15.6 Å². The quantitative estimate of drug-likeness (QED) is 0.923. The van der Waals surface area contributed by atoms with E-state index in [4.69, 9.17) is 10.4 Å². The maximum Gasteiger partial charge on any atom is 0.307 e. The van der Waals surface area contributed by atoms with Crippen LogP contribution < -0.4 is 4.87 Å². The van der Waals surface area contributed by atoms with Gasteiger partial charge in [0, 0.05) is 11.9 Å². The van der Waals surface area contributed by atoms with Gasteiger partial charge in [-0.15, -0.1) is 0 Å². The molecule has 1 heterocycles. The smallest absolute Gasteiger partial charge is 0.307 e. The lowest BCUT2D eigenvalue weighted by Gasteiger charge is -2.06. The Kier molecular flexibility index (Phi) is 3.78. The second-order valence-corrected chi connectivity index (χ2v) is 4.69. The van der Waals surface area contributed by atoms with E-state index in [2.05, 4.69) is 0 Å². The number of nitriles is 1. The number of benzene rings is 1. The number of carboxylic acid groups (broad SMARTS) is 1. The molecule has 2 aromatic rings. The maximum absolute atomic E-state index is 11.7. The van der Waals surface area contributed by atoms with E-state index >= 15 is 0 Å². The van der Waals surface area contributed by atoms with Crippen molar-refractivity contribution in [1.29, 1.82) is 5.26 Å². The van der Waals surface area contributed by atoms with Crippen molar-refractivity contribution >= 4 is 17.3 Å². The molecule has 1 aromatic heterocycles. The minimum atomic E-state index is -0.941. The van der Waals surface area contributed by atoms with E-state index in [0.29, 0.717) is 11.3 Å². The molecule has 19 heavy (non-hydrogen) atoms. The summed E-state index contributed by atoms with van der Waals surface area (Å²) in [5, 5.41) is 19.1. The molecule has 1 aromatic carbocycles. The molecule has 0 aliphatic carbocycles. The Labute approximate surface area is 113 Å². The first-order valence-corrected chi connectivity index (χ1v) is 6.40. The lowest BCUT2D eigenvalue weighted by molar-refractivity contribution is -0.137. The van der Waals surface area contributed by atoms with E-state index in [0.717, 1.165) is 16.9 Å². The Morgan fingerprint density at radius 2 is 2.05 bits per heavy atom. The van der Waals surface area contributed by atoms with Crippen molar-refractivity contribution in [2.24, 2.45) is 0 Å². The topological polar surface area (TPSA) is 83.1 Å². The van der Waals surface area contributed by atoms with Crippen LogP contribution in [0.15, 0.2) is 34.4 Å². The molecule has 6 heteroatoms. The summed E-state index contributed by atoms with van der Waals surface area (Å²) in [5.74, 6) is -0.941. The standard InChI is InChI=1S/C13H10N2O3S/c14-7-9-1-3-10(4-2-9)11-8-19-13(18)15(11)6-5-12(16)17/h1-4,8H,5-6H2,(H,16,17). The predicted octanol–water partition coefficient (Wildman–Crippen LogP) is 1.92. The SMILES string of the molecule is N#Cc1ccc(-c2csc(=O)n2CCC(=O)O)cc1. The van der Waals surface area contributed by atoms with Gasteiger partial charge >= 0.3 is 10.8 Å². The third-order valence-corrected chi connectivity index (χ3v) is 3.40. The molecule has 0 spiro atoms. The van der Waals surface area contributed by atoms with Crippen LogP contribution in [0.3, 0.4) is 0 Å². The number of carbonyl (C=O) groups is 1. The fourth-order valence-corrected chi connectivity index (χ4v) is 2.48. The van der Waals surface area contributed by atoms with Gasteiger partial charge in [-0.25, -0.2) is 0 Å². The van der Waals surface area contributed by atoms with Gasteiger partial charge in [-0.2, -0.15) is 5.26 Å². The number of hydrogen-bond donors (Lipinski definition) is 1. The molecule has 0 radical (unpaired) electrons. The number of hydrogen-bond acceptors (Lipinski definition) is 4. The van der Waals surface area contributed by atoms with E-state index in [9.17, 15) is 9.59 Å². The first-order valence-electron chi connectivity index (χ1n) is 5.52. The van der Waals surface area contributed by atoms with Crippen LogP contribution in [0.1, 0.15) is 12.0 Å². The van der Waals surface area contributed by atoms with Gasteiger partial charge in [-0.05, 0) is 17.7 Å². The number of carboxylic acids is 1. The largest absolute Gasteiger partial charge is 0.481 e. The third kappa shape index (κ3) is 2.89. The van der Waals surface area contributed by atoms with Crippen LogP contribution in [-0.2, 0) is 11.3 Å². The average molecular weight is 274 g/mol. The monoisotopic (exact) mass is 274 g/mol. The zero-order chi connectivity index (χ0) is 13.8. The lowest BCUT2D eigenvalue weighted by Crippen LogP contribution is -2.16. The number of rotatable bonds is 4. The van der Waals surface area contributed by atoms with Crippen molar-refractivity contribution in [2.45, 2.75) is 13.0 Å². The van der Waals surface area contributed by atoms with Crippen molar-refractivity contribution in [3.63, 3.8) is 0 Å². The molecule has 5 nitrogen and oxygen atoms in total. The molecular formula is C13H10N2O3S. The average Bonchev–Trinajstić information content (AvgIpc) is 2.78. The van der Waals surface area contributed by atoms with Gasteiger partial charge in [0.15, 0.2) is 0 Å². The highest BCUT2D eigenvalue weighted by Gasteiger charge is 2.10. The molecule has 0 bridgehead atoms. The first kappa shape index (κ1) is 13.1. The highest BCUT2D eigenvalue weighted by atomic mass is 32.1. The molecule has 0 amide bonds. The summed E-state index contributed by atoms with van der Waals surface area (Å²) < 4.78 is 1.44. The van der Waals surface area contributed by atoms with Crippen LogP contribution in [0.2, 0.25) is 0 Å². The van der Waals surface area contributed by atoms with Gasteiger partial charge in [-0.3, -0.25) is 14.2 Å². The van der Waals surface area contributed by atoms with Crippen LogP contribution in [0.25, 0.3) is 11.3 Å². The molecule has 0 aliphatic rings. The third-order valence-electron chi connectivity index (χ3n) is 2.64. The summed E-state index contributed by atoms with van der Waals surface area (Å²) >= 11 is 1.04. The summed E-state index contributed by atoms with van der Waals surface area (Å²) in [7, 11) is 0. The van der Waals surface area contributed by atoms with Crippen molar-refractivity contribution in [3.8, 4) is 17.3 Å². The van der Waals surface area contributed by atoms with E-state index in [1.54, 1.807) is 29.6 Å². The molecule has 0 saturated carbocycles. The number of aliphatic carboxylic acids is 1. The van der Waals surface area contributed by atoms with E-state index < -0.39 is 5.97 Å². The van der Waals surface area contributed by atoms with Gasteiger partial charge in [-0.1, -0.05) is 23.5 Å². The zero-order valence-corrected chi connectivity index (χ0v) is 10.7. The Bertz CT molecular complexity index is 692. The molecule has 0 aliphatic heterocycles. The number of nitrogens with zero attached hydrogens (tertiary/aromatic N) is 2.